The van der Waals surface area contributed by atoms with Crippen LogP contribution in [0.2, 0.25) is 0 Å². The van der Waals surface area contributed by atoms with E-state index in [-0.39, 0.29) is 22.6 Å². The largest absolute Gasteiger partial charge is 0.481 e. The van der Waals surface area contributed by atoms with Gasteiger partial charge in [0.25, 0.3) is 0 Å². The van der Waals surface area contributed by atoms with E-state index in [0.29, 0.717) is 49.9 Å². The maximum absolute atomic E-state index is 13.4. The molecule has 2 aromatic rings. The molecule has 35 heavy (non-hydrogen) atoms. The Bertz CT molecular complexity index is 1010. The van der Waals surface area contributed by atoms with Crippen LogP contribution in [0.15, 0.2) is 58.3 Å². The zero-order chi connectivity index (χ0) is 25.8. The number of aliphatic carboxylic acids is 2. The third kappa shape index (κ3) is 8.76. The van der Waals surface area contributed by atoms with Crippen molar-refractivity contribution < 1.29 is 28.2 Å². The van der Waals surface area contributed by atoms with E-state index in [0.717, 1.165) is 0 Å². The molecule has 0 saturated heterocycles. The standard InChI is InChI=1S/C26H36N2O6S/c1-27-13-5-9-21(25(29)30)15-19-7-3-11-23(17-19)35(33,34)24-12-4-8-20(18-24)16-22(26(31)32)10-6-14-28-2/h3-4,7-8,11-12,17-18,21-22,27-28H,5-6,9-10,13-16H2,1-2H3,(H,29,30)(H,31,32). The van der Waals surface area contributed by atoms with Crippen LogP contribution in [0.4, 0.5) is 0 Å². The van der Waals surface area contributed by atoms with Crippen molar-refractivity contribution in [1.29, 1.82) is 0 Å². The summed E-state index contributed by atoms with van der Waals surface area (Å²) in [6, 6.07) is 12.8. The van der Waals surface area contributed by atoms with Crippen molar-refractivity contribution in [2.75, 3.05) is 27.2 Å². The molecule has 0 fully saturated rings. The zero-order valence-electron chi connectivity index (χ0n) is 20.4. The predicted octanol–water partition coefficient (Wildman–Crippen LogP) is 3.01. The van der Waals surface area contributed by atoms with Crippen LogP contribution >= 0.6 is 0 Å². The van der Waals surface area contributed by atoms with E-state index in [9.17, 15) is 28.2 Å². The summed E-state index contributed by atoms with van der Waals surface area (Å²) in [7, 11) is -0.232. The molecule has 0 spiro atoms. The van der Waals surface area contributed by atoms with E-state index in [1.165, 1.54) is 24.3 Å². The van der Waals surface area contributed by atoms with E-state index in [1.54, 1.807) is 24.3 Å². The van der Waals surface area contributed by atoms with Crippen LogP contribution in [-0.4, -0.2) is 57.8 Å². The Morgan fingerprint density at radius 3 is 1.51 bits per heavy atom. The maximum atomic E-state index is 13.4. The zero-order valence-corrected chi connectivity index (χ0v) is 21.2. The first-order valence-electron chi connectivity index (χ1n) is 11.9. The molecule has 0 aliphatic heterocycles. The summed E-state index contributed by atoms with van der Waals surface area (Å²) < 4.78 is 26.7. The highest BCUT2D eigenvalue weighted by Gasteiger charge is 2.23. The number of nitrogens with one attached hydrogen (secondary N) is 2. The first-order valence-corrected chi connectivity index (χ1v) is 13.3. The molecule has 0 aliphatic rings. The molecule has 0 aliphatic carbocycles. The Morgan fingerprint density at radius 2 is 1.17 bits per heavy atom. The molecule has 0 aromatic heterocycles. The lowest BCUT2D eigenvalue weighted by molar-refractivity contribution is -0.142. The average molecular weight is 505 g/mol. The summed E-state index contributed by atoms with van der Waals surface area (Å²) in [5, 5.41) is 25.1. The molecule has 2 atom stereocenters. The van der Waals surface area contributed by atoms with E-state index >= 15 is 0 Å². The first-order chi connectivity index (χ1) is 16.7. The number of carbonyl (C=O) groups is 2. The van der Waals surface area contributed by atoms with Gasteiger partial charge in [-0.15, -0.1) is 0 Å². The summed E-state index contributed by atoms with van der Waals surface area (Å²) >= 11 is 0. The van der Waals surface area contributed by atoms with Crippen molar-refractivity contribution in [3.05, 3.63) is 59.7 Å². The van der Waals surface area contributed by atoms with Crippen LogP contribution in [0, 0.1) is 11.8 Å². The fraction of sp³-hybridized carbons (Fsp3) is 0.462. The summed E-state index contributed by atoms with van der Waals surface area (Å²) in [5.74, 6) is -2.99. The molecule has 2 aromatic carbocycles. The molecule has 9 heteroatoms. The van der Waals surface area contributed by atoms with Gasteiger partial charge in [-0.25, -0.2) is 8.42 Å². The van der Waals surface area contributed by atoms with Crippen molar-refractivity contribution in [2.24, 2.45) is 11.8 Å². The van der Waals surface area contributed by atoms with Crippen LogP contribution in [0.3, 0.4) is 0 Å². The van der Waals surface area contributed by atoms with Crippen LogP contribution in [0.25, 0.3) is 0 Å². The number of carboxylic acid groups (broad SMARTS) is 2. The highest BCUT2D eigenvalue weighted by Crippen LogP contribution is 2.25. The minimum absolute atomic E-state index is 0.0929. The molecule has 2 unspecified atom stereocenters. The fourth-order valence-electron chi connectivity index (χ4n) is 4.06. The molecule has 0 radical (unpaired) electrons. The van der Waals surface area contributed by atoms with Crippen LogP contribution < -0.4 is 10.6 Å². The molecule has 0 saturated carbocycles. The highest BCUT2D eigenvalue weighted by atomic mass is 32.2. The van der Waals surface area contributed by atoms with Gasteiger partial charge in [0.05, 0.1) is 21.6 Å². The van der Waals surface area contributed by atoms with E-state index in [4.69, 9.17) is 0 Å². The fourth-order valence-corrected chi connectivity index (χ4v) is 5.46. The number of carboxylic acids is 2. The number of sulfone groups is 1. The maximum Gasteiger partial charge on any atom is 0.306 e. The van der Waals surface area contributed by atoms with Crippen LogP contribution in [-0.2, 0) is 32.3 Å². The molecule has 0 heterocycles. The van der Waals surface area contributed by atoms with Crippen molar-refractivity contribution in [2.45, 2.75) is 48.3 Å². The topological polar surface area (TPSA) is 133 Å². The minimum Gasteiger partial charge on any atom is -0.481 e. The lowest BCUT2D eigenvalue weighted by Gasteiger charge is -2.14. The van der Waals surface area contributed by atoms with Gasteiger partial charge in [0, 0.05) is 0 Å². The monoisotopic (exact) mass is 504 g/mol. The van der Waals surface area contributed by atoms with Gasteiger partial charge in [0.1, 0.15) is 0 Å². The predicted molar refractivity (Wildman–Crippen MR) is 134 cm³/mol. The van der Waals surface area contributed by atoms with E-state index in [2.05, 4.69) is 10.6 Å². The lowest BCUT2D eigenvalue weighted by atomic mass is 9.95. The molecular weight excluding hydrogens is 468 g/mol. The van der Waals surface area contributed by atoms with Gasteiger partial charge >= 0.3 is 11.9 Å². The second-order valence-corrected chi connectivity index (χ2v) is 10.7. The number of hydrogen-bond donors (Lipinski definition) is 4. The Balaban J connectivity index is 2.23. The smallest absolute Gasteiger partial charge is 0.306 e. The Morgan fingerprint density at radius 1 is 0.771 bits per heavy atom. The summed E-state index contributed by atoms with van der Waals surface area (Å²) in [4.78, 5) is 23.5. The highest BCUT2D eigenvalue weighted by molar-refractivity contribution is 7.91. The van der Waals surface area contributed by atoms with Crippen LogP contribution in [0.1, 0.15) is 36.8 Å². The summed E-state index contributed by atoms with van der Waals surface area (Å²) in [6.07, 6.45) is 2.91. The van der Waals surface area contributed by atoms with E-state index < -0.39 is 33.6 Å². The lowest BCUT2D eigenvalue weighted by Crippen LogP contribution is -2.19. The molecule has 8 nitrogen and oxygen atoms in total. The van der Waals surface area contributed by atoms with Gasteiger partial charge in [-0.1, -0.05) is 24.3 Å². The molecule has 0 amide bonds. The van der Waals surface area contributed by atoms with Crippen molar-refractivity contribution in [3.63, 3.8) is 0 Å². The quantitative estimate of drug-likeness (QED) is 0.257. The second-order valence-electron chi connectivity index (χ2n) is 8.77. The number of rotatable bonds is 16. The van der Waals surface area contributed by atoms with Gasteiger partial charge in [0.15, 0.2) is 0 Å². The third-order valence-corrected chi connectivity index (χ3v) is 7.79. The van der Waals surface area contributed by atoms with Gasteiger partial charge < -0.3 is 20.8 Å². The van der Waals surface area contributed by atoms with Crippen LogP contribution in [0.5, 0.6) is 0 Å². The molecule has 4 N–H and O–H groups in total. The SMILES string of the molecule is CNCCCC(Cc1cccc(S(=O)(=O)c2cccc(CC(CCCNC)C(=O)O)c2)c1)C(=O)O. The van der Waals surface area contributed by atoms with Gasteiger partial charge in [-0.05, 0) is 101 Å². The van der Waals surface area contributed by atoms with Gasteiger partial charge in [0.2, 0.25) is 9.84 Å². The normalized spacial score (nSPS) is 13.3. The number of benzene rings is 2. The Hall–Kier alpha value is -2.75. The third-order valence-electron chi connectivity index (χ3n) is 6.04. The number of hydrogen-bond acceptors (Lipinski definition) is 6. The first kappa shape index (κ1) is 28.5. The Labute approximate surface area is 207 Å². The summed E-state index contributed by atoms with van der Waals surface area (Å²) in [6.45, 7) is 1.43. The molecule has 0 bridgehead atoms. The van der Waals surface area contributed by atoms with E-state index in [1.807, 2.05) is 14.1 Å². The second kappa shape index (κ2) is 14.0. The summed E-state index contributed by atoms with van der Waals surface area (Å²) in [5.41, 5.74) is 1.30. The molecular formula is C26H36N2O6S. The molecule has 2 rings (SSSR count). The van der Waals surface area contributed by atoms with Crippen molar-refractivity contribution >= 4 is 21.8 Å². The van der Waals surface area contributed by atoms with Gasteiger partial charge in [-0.3, -0.25) is 9.59 Å². The van der Waals surface area contributed by atoms with Gasteiger partial charge in [-0.2, -0.15) is 0 Å². The Kier molecular flexibility index (Phi) is 11.4. The minimum atomic E-state index is -3.85. The molecule has 192 valence electrons. The average Bonchev–Trinajstić information content (AvgIpc) is 2.83. The van der Waals surface area contributed by atoms with Crippen molar-refractivity contribution in [1.82, 2.24) is 10.6 Å². The van der Waals surface area contributed by atoms with Crippen molar-refractivity contribution in [3.8, 4) is 0 Å².